The molecule has 0 aliphatic carbocycles. The SMILES string of the molecule is Cc1nc2c(=O)n(C)c[c]c2o1. The second-order valence-corrected chi connectivity index (χ2v) is 2.60. The average Bonchev–Trinajstić information content (AvgIpc) is 2.39. The summed E-state index contributed by atoms with van der Waals surface area (Å²) >= 11 is 0. The number of pyridine rings is 1. The molecule has 2 aromatic heterocycles. The minimum absolute atomic E-state index is 0.152. The second-order valence-electron chi connectivity index (χ2n) is 2.60. The van der Waals surface area contributed by atoms with Crippen LogP contribution >= 0.6 is 0 Å². The molecule has 4 heteroatoms. The van der Waals surface area contributed by atoms with Gasteiger partial charge in [-0.3, -0.25) is 4.79 Å². The van der Waals surface area contributed by atoms with Crippen molar-refractivity contribution >= 4 is 11.1 Å². The largest absolute Gasteiger partial charge is 0.440 e. The van der Waals surface area contributed by atoms with E-state index in [1.165, 1.54) is 10.8 Å². The summed E-state index contributed by atoms with van der Waals surface area (Å²) in [7, 11) is 1.66. The van der Waals surface area contributed by atoms with Crippen molar-refractivity contribution < 1.29 is 4.42 Å². The monoisotopic (exact) mass is 163 g/mol. The van der Waals surface area contributed by atoms with E-state index in [1.807, 2.05) is 0 Å². The fraction of sp³-hybridized carbons (Fsp3) is 0.250. The van der Waals surface area contributed by atoms with E-state index < -0.39 is 0 Å². The molecule has 0 atom stereocenters. The third kappa shape index (κ3) is 0.845. The van der Waals surface area contributed by atoms with E-state index in [-0.39, 0.29) is 5.56 Å². The number of oxazole rings is 1. The Morgan fingerprint density at radius 3 is 3.17 bits per heavy atom. The summed E-state index contributed by atoms with van der Waals surface area (Å²) in [6, 6.07) is 2.81. The molecule has 61 valence electrons. The third-order valence-electron chi connectivity index (χ3n) is 1.65. The van der Waals surface area contributed by atoms with Crippen molar-refractivity contribution in [2.24, 2.45) is 7.05 Å². The highest BCUT2D eigenvalue weighted by Gasteiger charge is 2.06. The van der Waals surface area contributed by atoms with Gasteiger partial charge in [0.25, 0.3) is 5.56 Å². The van der Waals surface area contributed by atoms with Crippen molar-refractivity contribution in [1.82, 2.24) is 9.55 Å². The number of aryl methyl sites for hydroxylation is 2. The van der Waals surface area contributed by atoms with E-state index >= 15 is 0 Å². The quantitative estimate of drug-likeness (QED) is 0.572. The van der Waals surface area contributed by atoms with Gasteiger partial charge < -0.3 is 8.98 Å². The van der Waals surface area contributed by atoms with Crippen molar-refractivity contribution in [2.45, 2.75) is 6.92 Å². The highest BCUT2D eigenvalue weighted by atomic mass is 16.3. The first-order chi connectivity index (χ1) is 5.68. The summed E-state index contributed by atoms with van der Waals surface area (Å²) in [6.07, 6.45) is 1.54. The van der Waals surface area contributed by atoms with Crippen LogP contribution in [0.1, 0.15) is 5.89 Å². The molecule has 4 nitrogen and oxygen atoms in total. The molecular formula is C8H7N2O2. The lowest BCUT2D eigenvalue weighted by molar-refractivity contribution is 0.560. The van der Waals surface area contributed by atoms with E-state index in [4.69, 9.17) is 4.42 Å². The summed E-state index contributed by atoms with van der Waals surface area (Å²) in [6.45, 7) is 1.70. The molecule has 0 bridgehead atoms. The molecule has 0 fully saturated rings. The molecule has 0 aliphatic heterocycles. The number of hydrogen-bond acceptors (Lipinski definition) is 3. The summed E-state index contributed by atoms with van der Waals surface area (Å²) in [4.78, 5) is 15.3. The van der Waals surface area contributed by atoms with Crippen molar-refractivity contribution in [3.63, 3.8) is 0 Å². The van der Waals surface area contributed by atoms with Crippen LogP contribution in [0.2, 0.25) is 0 Å². The standard InChI is InChI=1S/C8H7N2O2/c1-5-9-7-6(12-5)3-4-10(2)8(7)11/h4H,1-2H3. The van der Waals surface area contributed by atoms with Gasteiger partial charge in [0.05, 0.1) is 0 Å². The Labute approximate surface area is 68.4 Å². The highest BCUT2D eigenvalue weighted by Crippen LogP contribution is 2.08. The van der Waals surface area contributed by atoms with Gasteiger partial charge in [-0.1, -0.05) is 0 Å². The predicted octanol–water partition coefficient (Wildman–Crippen LogP) is 0.635. The Hall–Kier alpha value is -1.58. The van der Waals surface area contributed by atoms with Crippen LogP contribution in [0, 0.1) is 13.0 Å². The fourth-order valence-corrected chi connectivity index (χ4v) is 1.05. The first-order valence-electron chi connectivity index (χ1n) is 3.53. The molecule has 0 saturated heterocycles. The zero-order chi connectivity index (χ0) is 8.72. The van der Waals surface area contributed by atoms with Crippen LogP contribution in [0.15, 0.2) is 15.4 Å². The van der Waals surface area contributed by atoms with Gasteiger partial charge >= 0.3 is 0 Å². The van der Waals surface area contributed by atoms with Gasteiger partial charge in [0.1, 0.15) is 0 Å². The van der Waals surface area contributed by atoms with E-state index in [0.29, 0.717) is 17.0 Å². The molecule has 2 aromatic rings. The molecule has 0 amide bonds. The van der Waals surface area contributed by atoms with Crippen LogP contribution in [0.5, 0.6) is 0 Å². The van der Waals surface area contributed by atoms with Gasteiger partial charge in [-0.25, -0.2) is 4.98 Å². The molecular weight excluding hydrogens is 156 g/mol. The number of rotatable bonds is 0. The normalized spacial score (nSPS) is 10.8. The fourth-order valence-electron chi connectivity index (χ4n) is 1.05. The Kier molecular flexibility index (Phi) is 1.30. The summed E-state index contributed by atoms with van der Waals surface area (Å²) in [5.74, 6) is 0.490. The van der Waals surface area contributed by atoms with E-state index in [9.17, 15) is 4.79 Å². The predicted molar refractivity (Wildman–Crippen MR) is 42.8 cm³/mol. The Bertz CT molecular complexity index is 481. The van der Waals surface area contributed by atoms with Crippen LogP contribution < -0.4 is 5.56 Å². The molecule has 0 spiro atoms. The van der Waals surface area contributed by atoms with E-state index in [1.54, 1.807) is 14.0 Å². The van der Waals surface area contributed by atoms with Gasteiger partial charge in [-0.05, 0) is 0 Å². The van der Waals surface area contributed by atoms with E-state index in [0.717, 1.165) is 0 Å². The topological polar surface area (TPSA) is 48.0 Å². The Morgan fingerprint density at radius 1 is 1.67 bits per heavy atom. The molecule has 12 heavy (non-hydrogen) atoms. The van der Waals surface area contributed by atoms with Crippen molar-refractivity contribution in [3.8, 4) is 0 Å². The smallest absolute Gasteiger partial charge is 0.280 e. The maximum Gasteiger partial charge on any atom is 0.280 e. The first-order valence-corrected chi connectivity index (χ1v) is 3.53. The molecule has 2 rings (SSSR count). The van der Waals surface area contributed by atoms with Gasteiger partial charge in [0, 0.05) is 26.2 Å². The first kappa shape index (κ1) is 7.09. The lowest BCUT2D eigenvalue weighted by atomic mass is 10.4. The molecule has 0 saturated carbocycles. The second kappa shape index (κ2) is 2.20. The maximum absolute atomic E-state index is 11.4. The minimum Gasteiger partial charge on any atom is -0.440 e. The van der Waals surface area contributed by atoms with E-state index in [2.05, 4.69) is 11.1 Å². The average molecular weight is 163 g/mol. The minimum atomic E-state index is -0.152. The number of fused-ring (bicyclic) bond motifs is 1. The van der Waals surface area contributed by atoms with Gasteiger partial charge in [-0.15, -0.1) is 0 Å². The maximum atomic E-state index is 11.4. The van der Waals surface area contributed by atoms with Crippen LogP contribution in [-0.2, 0) is 7.05 Å². The van der Waals surface area contributed by atoms with Crippen LogP contribution in [0.4, 0.5) is 0 Å². The van der Waals surface area contributed by atoms with Crippen LogP contribution in [0.25, 0.3) is 11.1 Å². The van der Waals surface area contributed by atoms with Crippen molar-refractivity contribution in [3.05, 3.63) is 28.5 Å². The molecule has 2 heterocycles. The summed E-state index contributed by atoms with van der Waals surface area (Å²) < 4.78 is 6.54. The zero-order valence-corrected chi connectivity index (χ0v) is 6.79. The van der Waals surface area contributed by atoms with Crippen LogP contribution in [0.3, 0.4) is 0 Å². The Morgan fingerprint density at radius 2 is 2.42 bits per heavy atom. The van der Waals surface area contributed by atoms with Gasteiger partial charge in [0.15, 0.2) is 17.0 Å². The summed E-state index contributed by atoms with van der Waals surface area (Å²) in [5.41, 5.74) is 0.619. The van der Waals surface area contributed by atoms with Crippen molar-refractivity contribution in [1.29, 1.82) is 0 Å². The zero-order valence-electron chi connectivity index (χ0n) is 6.79. The third-order valence-corrected chi connectivity index (χ3v) is 1.65. The molecule has 1 radical (unpaired) electrons. The summed E-state index contributed by atoms with van der Waals surface area (Å²) in [5, 5.41) is 0. The lowest BCUT2D eigenvalue weighted by Crippen LogP contribution is -2.15. The number of nitrogens with zero attached hydrogens (tertiary/aromatic N) is 2. The molecule has 0 N–H and O–H groups in total. The van der Waals surface area contributed by atoms with Gasteiger partial charge in [-0.2, -0.15) is 0 Å². The van der Waals surface area contributed by atoms with Gasteiger partial charge in [0.2, 0.25) is 0 Å². The number of hydrogen-bond donors (Lipinski definition) is 0. The number of aromatic nitrogens is 2. The molecule has 0 aliphatic rings. The lowest BCUT2D eigenvalue weighted by Gasteiger charge is -1.91. The molecule has 0 unspecified atom stereocenters. The Balaban J connectivity index is 2.99. The van der Waals surface area contributed by atoms with Crippen molar-refractivity contribution in [2.75, 3.05) is 0 Å². The molecule has 0 aromatic carbocycles. The van der Waals surface area contributed by atoms with Crippen LogP contribution in [-0.4, -0.2) is 9.55 Å². The highest BCUT2D eigenvalue weighted by molar-refractivity contribution is 5.70.